The Hall–Kier alpha value is -2.17. The lowest BCUT2D eigenvalue weighted by molar-refractivity contribution is -0.322. The van der Waals surface area contributed by atoms with Crippen LogP contribution in [0.1, 0.15) is 5.56 Å². The second kappa shape index (κ2) is 10.4. The zero-order valence-corrected chi connectivity index (χ0v) is 18.8. The fraction of sp³-hybridized carbons (Fsp3) is 0.591. The largest absolute Gasteiger partial charge is 0.423 e. The van der Waals surface area contributed by atoms with Gasteiger partial charge in [0.2, 0.25) is 0 Å². The van der Waals surface area contributed by atoms with Gasteiger partial charge in [-0.2, -0.15) is 0 Å². The van der Waals surface area contributed by atoms with Crippen molar-refractivity contribution in [3.05, 3.63) is 40.2 Å². The minimum atomic E-state index is -1.57. The molecule has 0 bridgehead atoms. The van der Waals surface area contributed by atoms with E-state index in [0.717, 1.165) is 5.56 Å². The Morgan fingerprint density at radius 1 is 1.00 bits per heavy atom. The molecule has 0 amide bonds. The number of benzene rings is 1. The van der Waals surface area contributed by atoms with Crippen LogP contribution in [-0.2, 0) is 14.2 Å². The number of hydrogen-bond acceptors (Lipinski definition) is 13. The molecule has 13 nitrogen and oxygen atoms in total. The molecule has 194 valence electrons. The first-order chi connectivity index (χ1) is 16.6. The zero-order chi connectivity index (χ0) is 25.4. The van der Waals surface area contributed by atoms with E-state index in [2.05, 4.69) is 5.32 Å². The van der Waals surface area contributed by atoms with E-state index in [0.29, 0.717) is 16.7 Å². The average Bonchev–Trinajstić information content (AvgIpc) is 2.82. The van der Waals surface area contributed by atoms with Crippen LogP contribution in [0.3, 0.4) is 0 Å². The van der Waals surface area contributed by atoms with Gasteiger partial charge in [0.1, 0.15) is 48.2 Å². The average molecular weight is 498 g/mol. The smallest absolute Gasteiger partial charge is 0.336 e. The van der Waals surface area contributed by atoms with Crippen molar-refractivity contribution >= 4 is 16.7 Å². The third-order valence-electron chi connectivity index (χ3n) is 6.38. The van der Waals surface area contributed by atoms with Crippen molar-refractivity contribution in [2.45, 2.75) is 68.2 Å². The standard InChI is InChI=1S/C22H30N2O11/c1-8-4-14(27)32-11-5-9(2-3-10(8)11)24-16-19(30)20(13(7-26)33-21(16)31)35-22-15(23)18(29)17(28)12(6-25)34-22/h2-5,12-13,15-22,24-26,28-31H,6-7,23H2,1H3/t12-,13-,15-,16-,17-,18-,19-,20-,21-,22+/m1/s1. The fourth-order valence-electron chi connectivity index (χ4n) is 4.39. The molecule has 1 aromatic carbocycles. The number of anilines is 1. The predicted molar refractivity (Wildman–Crippen MR) is 119 cm³/mol. The van der Waals surface area contributed by atoms with Crippen LogP contribution in [0.15, 0.2) is 33.5 Å². The molecule has 13 heteroatoms. The first-order valence-corrected chi connectivity index (χ1v) is 11.1. The quantitative estimate of drug-likeness (QED) is 0.188. The van der Waals surface area contributed by atoms with E-state index in [1.165, 1.54) is 12.1 Å². The Balaban J connectivity index is 1.56. The summed E-state index contributed by atoms with van der Waals surface area (Å²) in [6.45, 7) is 0.502. The molecule has 2 aromatic rings. The van der Waals surface area contributed by atoms with Crippen molar-refractivity contribution in [3.8, 4) is 0 Å². The molecule has 2 fully saturated rings. The van der Waals surface area contributed by atoms with Crippen molar-refractivity contribution in [2.24, 2.45) is 5.73 Å². The SMILES string of the molecule is Cc1cc(=O)oc2cc(N[C@@H]3[C@@H](O)[C@H](O[C@@H]4O[C@H](CO)[C@@H](O)[C@H](O)[C@H]4N)[C@@H](CO)O[C@H]3O)ccc12. The molecule has 10 atom stereocenters. The number of nitrogens with two attached hydrogens (primary N) is 1. The van der Waals surface area contributed by atoms with E-state index >= 15 is 0 Å². The molecule has 4 rings (SSSR count). The Labute approximate surface area is 199 Å². The number of aliphatic hydroxyl groups is 6. The lowest BCUT2D eigenvalue weighted by Gasteiger charge is -2.46. The van der Waals surface area contributed by atoms with Gasteiger partial charge in [0.05, 0.1) is 19.3 Å². The van der Waals surface area contributed by atoms with Crippen LogP contribution < -0.4 is 16.7 Å². The Morgan fingerprint density at radius 3 is 2.40 bits per heavy atom. The number of aryl methyl sites for hydroxylation is 1. The van der Waals surface area contributed by atoms with E-state index in [-0.39, 0.29) is 0 Å². The topological polar surface area (TPSA) is 217 Å². The first kappa shape index (κ1) is 25.9. The molecule has 2 saturated heterocycles. The Bertz CT molecular complexity index is 1080. The van der Waals surface area contributed by atoms with Crippen LogP contribution in [0.2, 0.25) is 0 Å². The van der Waals surface area contributed by atoms with E-state index < -0.39 is 80.1 Å². The van der Waals surface area contributed by atoms with Gasteiger partial charge in [-0.15, -0.1) is 0 Å². The van der Waals surface area contributed by atoms with Gasteiger partial charge >= 0.3 is 5.63 Å². The predicted octanol–water partition coefficient (Wildman–Crippen LogP) is -2.90. The van der Waals surface area contributed by atoms with E-state index in [4.69, 9.17) is 24.4 Å². The summed E-state index contributed by atoms with van der Waals surface area (Å²) in [6, 6.07) is 3.85. The van der Waals surface area contributed by atoms with Gasteiger partial charge in [0.15, 0.2) is 12.6 Å². The number of ether oxygens (including phenoxy) is 3. The number of fused-ring (bicyclic) bond motifs is 1. The van der Waals surface area contributed by atoms with Crippen LogP contribution in [-0.4, -0.2) is 105 Å². The molecule has 0 aliphatic carbocycles. The first-order valence-electron chi connectivity index (χ1n) is 11.1. The minimum Gasteiger partial charge on any atom is -0.423 e. The molecule has 2 aliphatic heterocycles. The normalized spacial score (nSPS) is 37.9. The summed E-state index contributed by atoms with van der Waals surface area (Å²) in [7, 11) is 0. The molecule has 0 unspecified atom stereocenters. The van der Waals surface area contributed by atoms with Gasteiger partial charge in [0.25, 0.3) is 0 Å². The number of nitrogens with one attached hydrogen (secondary N) is 1. The summed E-state index contributed by atoms with van der Waals surface area (Å²) in [5.41, 5.74) is 6.80. The highest BCUT2D eigenvalue weighted by Crippen LogP contribution is 2.30. The van der Waals surface area contributed by atoms with E-state index in [1.807, 2.05) is 0 Å². The van der Waals surface area contributed by atoms with Gasteiger partial charge in [-0.25, -0.2) is 4.79 Å². The lowest BCUT2D eigenvalue weighted by Crippen LogP contribution is -2.67. The van der Waals surface area contributed by atoms with Gasteiger partial charge in [-0.3, -0.25) is 0 Å². The second-order valence-electron chi connectivity index (χ2n) is 8.75. The number of rotatable bonds is 6. The van der Waals surface area contributed by atoms with Crippen LogP contribution >= 0.6 is 0 Å². The maximum Gasteiger partial charge on any atom is 0.336 e. The maximum absolute atomic E-state index is 11.7. The maximum atomic E-state index is 11.7. The highest BCUT2D eigenvalue weighted by molar-refractivity contribution is 5.83. The van der Waals surface area contributed by atoms with Gasteiger partial charge in [0, 0.05) is 23.2 Å². The van der Waals surface area contributed by atoms with E-state index in [1.54, 1.807) is 19.1 Å². The second-order valence-corrected chi connectivity index (χ2v) is 8.75. The minimum absolute atomic E-state index is 0.297. The molecule has 35 heavy (non-hydrogen) atoms. The molecule has 0 saturated carbocycles. The van der Waals surface area contributed by atoms with Crippen LogP contribution in [0.5, 0.6) is 0 Å². The zero-order valence-electron chi connectivity index (χ0n) is 18.8. The summed E-state index contributed by atoms with van der Waals surface area (Å²) >= 11 is 0. The number of hydrogen-bond donors (Lipinski definition) is 8. The Morgan fingerprint density at radius 2 is 1.71 bits per heavy atom. The van der Waals surface area contributed by atoms with Crippen molar-refractivity contribution in [2.75, 3.05) is 18.5 Å². The summed E-state index contributed by atoms with van der Waals surface area (Å²) in [6.07, 6.45) is -11.1. The summed E-state index contributed by atoms with van der Waals surface area (Å²) in [5, 5.41) is 64.5. The van der Waals surface area contributed by atoms with E-state index in [9.17, 15) is 35.4 Å². The monoisotopic (exact) mass is 498 g/mol. The molecular weight excluding hydrogens is 468 g/mol. The van der Waals surface area contributed by atoms with Crippen LogP contribution in [0.25, 0.3) is 11.0 Å². The van der Waals surface area contributed by atoms with Gasteiger partial charge < -0.3 is 60.3 Å². The Kier molecular flexibility index (Phi) is 7.73. The highest BCUT2D eigenvalue weighted by atomic mass is 16.7. The summed E-state index contributed by atoms with van der Waals surface area (Å²) in [5.74, 6) is 0. The molecule has 0 spiro atoms. The third-order valence-corrected chi connectivity index (χ3v) is 6.38. The molecule has 1 aromatic heterocycles. The third kappa shape index (κ3) is 5.06. The van der Waals surface area contributed by atoms with Crippen LogP contribution in [0, 0.1) is 6.92 Å². The molecule has 9 N–H and O–H groups in total. The molecule has 0 radical (unpaired) electrons. The number of aliphatic hydroxyl groups excluding tert-OH is 6. The summed E-state index contributed by atoms with van der Waals surface area (Å²) in [4.78, 5) is 11.7. The lowest BCUT2D eigenvalue weighted by atomic mass is 9.95. The summed E-state index contributed by atoms with van der Waals surface area (Å²) < 4.78 is 21.9. The highest BCUT2D eigenvalue weighted by Gasteiger charge is 2.50. The van der Waals surface area contributed by atoms with Crippen molar-refractivity contribution < 1.29 is 49.3 Å². The molecule has 3 heterocycles. The van der Waals surface area contributed by atoms with Crippen molar-refractivity contribution in [1.82, 2.24) is 0 Å². The van der Waals surface area contributed by atoms with Gasteiger partial charge in [-0.05, 0) is 24.6 Å². The van der Waals surface area contributed by atoms with Crippen molar-refractivity contribution in [3.63, 3.8) is 0 Å². The molecule has 2 aliphatic rings. The fourth-order valence-corrected chi connectivity index (χ4v) is 4.39. The van der Waals surface area contributed by atoms with Crippen LogP contribution in [0.4, 0.5) is 5.69 Å². The van der Waals surface area contributed by atoms with Gasteiger partial charge in [-0.1, -0.05) is 0 Å². The molecular formula is C22H30N2O11. The van der Waals surface area contributed by atoms with Crippen molar-refractivity contribution in [1.29, 1.82) is 0 Å².